The molecule has 1 atom stereocenters. The number of aliphatic imine (C=N–C) groups is 1. The van der Waals surface area contributed by atoms with E-state index in [4.69, 9.17) is 4.42 Å². The molecule has 3 rings (SSSR count). The molecule has 0 radical (unpaired) electrons. The number of aromatic amines is 1. The van der Waals surface area contributed by atoms with Gasteiger partial charge in [0.1, 0.15) is 12.4 Å². The van der Waals surface area contributed by atoms with Crippen molar-refractivity contribution in [2.75, 3.05) is 6.54 Å². The molecule has 0 aliphatic carbocycles. The maximum Gasteiger partial charge on any atom is 0.216 e. The molecule has 26 heavy (non-hydrogen) atoms. The van der Waals surface area contributed by atoms with Crippen LogP contribution in [0, 0.1) is 0 Å². The van der Waals surface area contributed by atoms with Crippen molar-refractivity contribution in [3.63, 3.8) is 0 Å². The third-order valence-electron chi connectivity index (χ3n) is 3.73. The van der Waals surface area contributed by atoms with Crippen molar-refractivity contribution in [2.24, 2.45) is 4.99 Å². The quantitative estimate of drug-likeness (QED) is 0.421. The van der Waals surface area contributed by atoms with Gasteiger partial charge in [-0.25, -0.2) is 9.98 Å². The van der Waals surface area contributed by atoms with Crippen LogP contribution in [0.5, 0.6) is 0 Å². The monoisotopic (exact) mass is 416 g/mol. The molecule has 0 fully saturated rings. The van der Waals surface area contributed by atoms with Crippen LogP contribution in [0.15, 0.2) is 56.5 Å². The second-order valence-corrected chi connectivity index (χ2v) is 6.52. The van der Waals surface area contributed by atoms with Gasteiger partial charge in [0.25, 0.3) is 0 Å². The molecule has 8 heteroatoms. The Morgan fingerprint density at radius 3 is 2.88 bits per heavy atom. The molecule has 2 aromatic heterocycles. The molecule has 0 amide bonds. The van der Waals surface area contributed by atoms with Gasteiger partial charge in [0.05, 0.1) is 12.3 Å². The summed E-state index contributed by atoms with van der Waals surface area (Å²) in [6, 6.07) is 11.9. The Bertz CT molecular complexity index is 858. The predicted molar refractivity (Wildman–Crippen MR) is 105 cm³/mol. The fourth-order valence-electron chi connectivity index (χ4n) is 2.47. The number of halogens is 1. The molecule has 1 aromatic carbocycles. The zero-order valence-electron chi connectivity index (χ0n) is 14.7. The SMILES string of the molecule is CCNC(=NCc1nc(-c2ccco2)n[nH]1)NC(C)c1ccccc1Br. The summed E-state index contributed by atoms with van der Waals surface area (Å²) < 4.78 is 6.36. The summed E-state index contributed by atoms with van der Waals surface area (Å²) >= 11 is 3.59. The van der Waals surface area contributed by atoms with Crippen LogP contribution in [0.4, 0.5) is 0 Å². The summed E-state index contributed by atoms with van der Waals surface area (Å²) in [6.45, 7) is 5.27. The van der Waals surface area contributed by atoms with Crippen LogP contribution in [0.25, 0.3) is 11.6 Å². The molecule has 3 aromatic rings. The van der Waals surface area contributed by atoms with Gasteiger partial charge >= 0.3 is 0 Å². The normalized spacial score (nSPS) is 12.8. The third-order valence-corrected chi connectivity index (χ3v) is 4.45. The van der Waals surface area contributed by atoms with E-state index in [9.17, 15) is 0 Å². The topological polar surface area (TPSA) is 91.1 Å². The second kappa shape index (κ2) is 8.66. The summed E-state index contributed by atoms with van der Waals surface area (Å²) in [6.07, 6.45) is 1.60. The van der Waals surface area contributed by atoms with Gasteiger partial charge in [-0.3, -0.25) is 5.10 Å². The van der Waals surface area contributed by atoms with Crippen LogP contribution in [-0.2, 0) is 6.54 Å². The lowest BCUT2D eigenvalue weighted by molar-refractivity contribution is 0.577. The molecule has 0 aliphatic rings. The number of rotatable bonds is 6. The zero-order chi connectivity index (χ0) is 18.4. The molecular weight excluding hydrogens is 396 g/mol. The summed E-state index contributed by atoms with van der Waals surface area (Å²) in [5.41, 5.74) is 1.16. The van der Waals surface area contributed by atoms with Crippen molar-refractivity contribution in [3.05, 3.63) is 58.5 Å². The van der Waals surface area contributed by atoms with Crippen molar-refractivity contribution >= 4 is 21.9 Å². The van der Waals surface area contributed by atoms with Crippen LogP contribution in [0.2, 0.25) is 0 Å². The van der Waals surface area contributed by atoms with Gasteiger partial charge in [0.2, 0.25) is 5.82 Å². The van der Waals surface area contributed by atoms with E-state index in [0.29, 0.717) is 29.9 Å². The Hall–Kier alpha value is -2.61. The predicted octanol–water partition coefficient (Wildman–Crippen LogP) is 3.64. The molecule has 136 valence electrons. The average Bonchev–Trinajstić information content (AvgIpc) is 3.31. The van der Waals surface area contributed by atoms with E-state index in [0.717, 1.165) is 16.6 Å². The van der Waals surface area contributed by atoms with Crippen molar-refractivity contribution in [1.29, 1.82) is 0 Å². The number of guanidine groups is 1. The van der Waals surface area contributed by atoms with Gasteiger partial charge in [-0.2, -0.15) is 0 Å². The lowest BCUT2D eigenvalue weighted by atomic mass is 10.1. The molecule has 0 aliphatic heterocycles. The summed E-state index contributed by atoms with van der Waals surface area (Å²) in [5, 5.41) is 13.7. The highest BCUT2D eigenvalue weighted by Crippen LogP contribution is 2.22. The number of nitrogens with one attached hydrogen (secondary N) is 3. The Morgan fingerprint density at radius 1 is 1.31 bits per heavy atom. The van der Waals surface area contributed by atoms with Crippen molar-refractivity contribution in [2.45, 2.75) is 26.4 Å². The summed E-state index contributed by atoms with van der Waals surface area (Å²) in [5.74, 6) is 2.54. The average molecular weight is 417 g/mol. The molecule has 1 unspecified atom stereocenters. The van der Waals surface area contributed by atoms with Gasteiger partial charge in [-0.05, 0) is 37.6 Å². The minimum atomic E-state index is 0.0942. The molecule has 0 spiro atoms. The summed E-state index contributed by atoms with van der Waals surface area (Å²) in [4.78, 5) is 8.99. The maximum atomic E-state index is 5.30. The van der Waals surface area contributed by atoms with Gasteiger partial charge in [0, 0.05) is 11.0 Å². The van der Waals surface area contributed by atoms with E-state index in [2.05, 4.69) is 59.7 Å². The van der Waals surface area contributed by atoms with Crippen molar-refractivity contribution in [3.8, 4) is 11.6 Å². The van der Waals surface area contributed by atoms with Crippen LogP contribution >= 0.6 is 15.9 Å². The van der Waals surface area contributed by atoms with Gasteiger partial charge in [0.15, 0.2) is 11.7 Å². The molecular formula is C18H21BrN6O. The van der Waals surface area contributed by atoms with Crippen molar-refractivity contribution in [1.82, 2.24) is 25.8 Å². The molecule has 0 bridgehead atoms. The van der Waals surface area contributed by atoms with E-state index in [1.807, 2.05) is 31.2 Å². The van der Waals surface area contributed by atoms with Crippen molar-refractivity contribution < 1.29 is 4.42 Å². The first-order valence-corrected chi connectivity index (χ1v) is 9.21. The number of furan rings is 1. The second-order valence-electron chi connectivity index (χ2n) is 5.67. The zero-order valence-corrected chi connectivity index (χ0v) is 16.2. The molecule has 7 nitrogen and oxygen atoms in total. The Balaban J connectivity index is 1.68. The van der Waals surface area contributed by atoms with E-state index in [1.54, 1.807) is 12.3 Å². The summed E-state index contributed by atoms with van der Waals surface area (Å²) in [7, 11) is 0. The number of aromatic nitrogens is 3. The molecule has 3 N–H and O–H groups in total. The van der Waals surface area contributed by atoms with Crippen LogP contribution in [0.1, 0.15) is 31.3 Å². The first-order valence-electron chi connectivity index (χ1n) is 8.41. The van der Waals surface area contributed by atoms with Gasteiger partial charge in [-0.15, -0.1) is 5.10 Å². The standard InChI is InChI=1S/C18H21BrN6O/c1-3-20-18(22-12(2)13-7-4-5-8-14(13)19)21-11-16-23-17(25-24-16)15-9-6-10-26-15/h4-10,12H,3,11H2,1-2H3,(H2,20,21,22)(H,23,24,25). The van der Waals surface area contributed by atoms with Crippen LogP contribution in [0.3, 0.4) is 0 Å². The lowest BCUT2D eigenvalue weighted by Gasteiger charge is -2.19. The third kappa shape index (κ3) is 4.51. The largest absolute Gasteiger partial charge is 0.461 e. The smallest absolute Gasteiger partial charge is 0.216 e. The Kier molecular flexibility index (Phi) is 6.06. The van der Waals surface area contributed by atoms with Gasteiger partial charge in [-0.1, -0.05) is 34.1 Å². The minimum Gasteiger partial charge on any atom is -0.461 e. The molecule has 0 saturated heterocycles. The van der Waals surface area contributed by atoms with Gasteiger partial charge < -0.3 is 15.1 Å². The van der Waals surface area contributed by atoms with Crippen LogP contribution in [-0.4, -0.2) is 27.7 Å². The fraction of sp³-hybridized carbons (Fsp3) is 0.278. The highest BCUT2D eigenvalue weighted by atomic mass is 79.9. The maximum absolute atomic E-state index is 5.30. The van der Waals surface area contributed by atoms with E-state index < -0.39 is 0 Å². The number of H-pyrrole nitrogens is 1. The highest BCUT2D eigenvalue weighted by Gasteiger charge is 2.11. The molecule has 0 saturated carbocycles. The minimum absolute atomic E-state index is 0.0942. The Morgan fingerprint density at radius 2 is 2.15 bits per heavy atom. The van der Waals surface area contributed by atoms with E-state index in [-0.39, 0.29) is 6.04 Å². The van der Waals surface area contributed by atoms with Crippen LogP contribution < -0.4 is 10.6 Å². The lowest BCUT2D eigenvalue weighted by Crippen LogP contribution is -2.38. The first-order chi connectivity index (χ1) is 12.7. The number of nitrogens with zero attached hydrogens (tertiary/aromatic N) is 3. The molecule has 2 heterocycles. The highest BCUT2D eigenvalue weighted by molar-refractivity contribution is 9.10. The number of hydrogen-bond acceptors (Lipinski definition) is 4. The number of hydrogen-bond donors (Lipinski definition) is 3. The fourth-order valence-corrected chi connectivity index (χ4v) is 3.09. The number of benzene rings is 1. The van der Waals surface area contributed by atoms with E-state index in [1.165, 1.54) is 0 Å². The Labute approximate surface area is 160 Å². The first kappa shape index (κ1) is 18.2. The van der Waals surface area contributed by atoms with E-state index >= 15 is 0 Å².